The number of methoxy groups -OCH3 is 1. The van der Waals surface area contributed by atoms with Gasteiger partial charge in [0.2, 0.25) is 3.79 Å². The molecule has 1 amide bonds. The summed E-state index contributed by atoms with van der Waals surface area (Å²) >= 11 is 23.1. The molecule has 1 atom stereocenters. The van der Waals surface area contributed by atoms with Gasteiger partial charge in [0.05, 0.1) is 12.7 Å². The van der Waals surface area contributed by atoms with E-state index in [-0.39, 0.29) is 5.11 Å². The van der Waals surface area contributed by atoms with E-state index in [1.807, 2.05) is 0 Å². The molecule has 0 unspecified atom stereocenters. The summed E-state index contributed by atoms with van der Waals surface area (Å²) in [4.78, 5) is 23.8. The van der Waals surface area contributed by atoms with E-state index in [4.69, 9.17) is 47.0 Å². The van der Waals surface area contributed by atoms with E-state index in [2.05, 4.69) is 20.7 Å². The summed E-state index contributed by atoms with van der Waals surface area (Å²) in [5.41, 5.74) is 1.38. The number of anilines is 1. The van der Waals surface area contributed by atoms with Crippen LogP contribution < -0.4 is 16.0 Å². The van der Waals surface area contributed by atoms with Gasteiger partial charge in [0.15, 0.2) is 5.11 Å². The Balaban J connectivity index is 2.03. The van der Waals surface area contributed by atoms with Crippen molar-refractivity contribution in [3.8, 4) is 0 Å². The molecule has 0 bridgehead atoms. The van der Waals surface area contributed by atoms with Crippen LogP contribution in [0.2, 0.25) is 0 Å². The molecule has 10 heteroatoms. The van der Waals surface area contributed by atoms with Crippen molar-refractivity contribution in [2.24, 2.45) is 0 Å². The smallest absolute Gasteiger partial charge is 0.337 e. The number of hydrogen-bond acceptors (Lipinski definition) is 4. The Kier molecular flexibility index (Phi) is 7.88. The number of ether oxygens (including phenoxy) is 1. The predicted octanol–water partition coefficient (Wildman–Crippen LogP) is 3.89. The third kappa shape index (κ3) is 6.53. The third-order valence-corrected chi connectivity index (χ3v) is 4.35. The number of carbonyl (C=O) groups excluding carboxylic acids is 2. The molecule has 0 saturated heterocycles. The predicted molar refractivity (Wildman–Crippen MR) is 115 cm³/mol. The van der Waals surface area contributed by atoms with Gasteiger partial charge in [0.25, 0.3) is 5.91 Å². The Bertz CT molecular complexity index is 843. The summed E-state index contributed by atoms with van der Waals surface area (Å²) in [5, 5.41) is 8.33. The molecule has 0 radical (unpaired) electrons. The number of amides is 1. The van der Waals surface area contributed by atoms with Crippen molar-refractivity contribution in [2.75, 3.05) is 12.4 Å². The van der Waals surface area contributed by atoms with Crippen LogP contribution in [0.4, 0.5) is 5.69 Å². The number of thiocarbonyl (C=S) groups is 1. The van der Waals surface area contributed by atoms with E-state index in [9.17, 15) is 9.59 Å². The first-order valence-corrected chi connectivity index (χ1v) is 9.43. The first-order valence-electron chi connectivity index (χ1n) is 7.89. The number of halogens is 3. The van der Waals surface area contributed by atoms with Crippen molar-refractivity contribution >= 4 is 69.7 Å². The van der Waals surface area contributed by atoms with Gasteiger partial charge < -0.3 is 20.7 Å². The van der Waals surface area contributed by atoms with Crippen molar-refractivity contribution in [1.82, 2.24) is 10.6 Å². The van der Waals surface area contributed by atoms with E-state index < -0.39 is 21.8 Å². The van der Waals surface area contributed by atoms with Gasteiger partial charge in [0.1, 0.15) is 6.17 Å². The first-order chi connectivity index (χ1) is 13.2. The summed E-state index contributed by atoms with van der Waals surface area (Å²) in [6.07, 6.45) is -1.10. The Morgan fingerprint density at radius 1 is 0.964 bits per heavy atom. The lowest BCUT2D eigenvalue weighted by atomic mass is 10.2. The van der Waals surface area contributed by atoms with Gasteiger partial charge in [-0.25, -0.2) is 4.79 Å². The number of esters is 1. The highest BCUT2D eigenvalue weighted by Gasteiger charge is 2.34. The van der Waals surface area contributed by atoms with E-state index in [0.29, 0.717) is 16.8 Å². The van der Waals surface area contributed by atoms with Crippen LogP contribution in [0.3, 0.4) is 0 Å². The van der Waals surface area contributed by atoms with Crippen LogP contribution >= 0.6 is 47.0 Å². The molecular formula is C18H16Cl3N3O3S. The largest absolute Gasteiger partial charge is 0.465 e. The van der Waals surface area contributed by atoms with Crippen molar-refractivity contribution in [3.05, 3.63) is 65.7 Å². The van der Waals surface area contributed by atoms with Crippen LogP contribution in [0.25, 0.3) is 0 Å². The number of rotatable bonds is 5. The van der Waals surface area contributed by atoms with Gasteiger partial charge in [-0.2, -0.15) is 0 Å². The second-order valence-corrected chi connectivity index (χ2v) is 8.26. The fourth-order valence-electron chi connectivity index (χ4n) is 2.11. The summed E-state index contributed by atoms with van der Waals surface area (Å²) in [6.45, 7) is 0. The monoisotopic (exact) mass is 459 g/mol. The Morgan fingerprint density at radius 3 is 2.11 bits per heavy atom. The van der Waals surface area contributed by atoms with Crippen LogP contribution in [-0.2, 0) is 4.74 Å². The van der Waals surface area contributed by atoms with Crippen LogP contribution in [0, 0.1) is 0 Å². The van der Waals surface area contributed by atoms with Crippen molar-refractivity contribution < 1.29 is 14.3 Å². The Morgan fingerprint density at radius 2 is 1.57 bits per heavy atom. The summed E-state index contributed by atoms with van der Waals surface area (Å²) in [5.74, 6) is -0.887. The molecule has 28 heavy (non-hydrogen) atoms. The molecular weight excluding hydrogens is 445 g/mol. The third-order valence-electron chi connectivity index (χ3n) is 3.48. The number of benzene rings is 2. The summed E-state index contributed by atoms with van der Waals surface area (Å²) in [7, 11) is 1.30. The molecule has 2 aromatic rings. The second-order valence-electron chi connectivity index (χ2n) is 5.48. The van der Waals surface area contributed by atoms with Crippen LogP contribution in [-0.4, -0.2) is 34.1 Å². The van der Waals surface area contributed by atoms with Crippen LogP contribution in [0.5, 0.6) is 0 Å². The second kappa shape index (κ2) is 9.93. The number of alkyl halides is 3. The zero-order valence-electron chi connectivity index (χ0n) is 14.5. The van der Waals surface area contributed by atoms with Gasteiger partial charge in [-0.3, -0.25) is 4.79 Å². The average molecular weight is 461 g/mol. The molecule has 0 aliphatic carbocycles. The van der Waals surface area contributed by atoms with Crippen LogP contribution in [0.15, 0.2) is 54.6 Å². The molecule has 0 aromatic heterocycles. The van der Waals surface area contributed by atoms with Crippen molar-refractivity contribution in [2.45, 2.75) is 9.96 Å². The maximum atomic E-state index is 12.3. The zero-order valence-corrected chi connectivity index (χ0v) is 17.6. The Labute approximate surface area is 182 Å². The fraction of sp³-hybridized carbons (Fsp3) is 0.167. The number of hydrogen-bond donors (Lipinski definition) is 3. The minimum Gasteiger partial charge on any atom is -0.465 e. The fourth-order valence-corrected chi connectivity index (χ4v) is 2.67. The normalized spacial score (nSPS) is 11.9. The first kappa shape index (κ1) is 22.2. The minimum absolute atomic E-state index is 0.107. The maximum Gasteiger partial charge on any atom is 0.337 e. The quantitative estimate of drug-likeness (QED) is 0.272. The highest BCUT2D eigenvalue weighted by atomic mass is 35.6. The molecule has 0 spiro atoms. The molecule has 2 rings (SSSR count). The summed E-state index contributed by atoms with van der Waals surface area (Å²) in [6, 6.07) is 14.9. The molecule has 2 aromatic carbocycles. The van der Waals surface area contributed by atoms with Gasteiger partial charge in [0, 0.05) is 11.3 Å². The lowest BCUT2D eigenvalue weighted by Gasteiger charge is -2.27. The average Bonchev–Trinajstić information content (AvgIpc) is 2.67. The Hall–Kier alpha value is -2.06. The molecule has 0 heterocycles. The van der Waals surface area contributed by atoms with Gasteiger partial charge >= 0.3 is 5.97 Å². The number of carbonyl (C=O) groups is 2. The van der Waals surface area contributed by atoms with Gasteiger partial charge in [-0.1, -0.05) is 53.0 Å². The summed E-state index contributed by atoms with van der Waals surface area (Å²) < 4.78 is 2.77. The van der Waals surface area contributed by atoms with E-state index in [0.717, 1.165) is 0 Å². The SMILES string of the molecule is COC(=O)c1ccc(NC(=S)N[C@H](NC(=O)c2ccccc2)C(Cl)(Cl)Cl)cc1. The molecule has 0 fully saturated rings. The molecule has 6 nitrogen and oxygen atoms in total. The standard InChI is InChI=1S/C18H16Cl3N3O3S/c1-27-15(26)12-7-9-13(10-8-12)22-17(28)24-16(18(19,20)21)23-14(25)11-5-3-2-4-6-11/h2-10,16H,1H3,(H,23,25)(H2,22,24,28)/t16-/m0/s1. The van der Waals surface area contributed by atoms with Gasteiger partial charge in [-0.05, 0) is 48.6 Å². The number of nitrogens with one attached hydrogen (secondary N) is 3. The highest BCUT2D eigenvalue weighted by molar-refractivity contribution is 7.80. The molecule has 3 N–H and O–H groups in total. The maximum absolute atomic E-state index is 12.3. The lowest BCUT2D eigenvalue weighted by Crippen LogP contribution is -2.56. The van der Waals surface area contributed by atoms with Crippen LogP contribution in [0.1, 0.15) is 20.7 Å². The lowest BCUT2D eigenvalue weighted by molar-refractivity contribution is 0.0600. The molecule has 0 aliphatic rings. The van der Waals surface area contributed by atoms with E-state index >= 15 is 0 Å². The highest BCUT2D eigenvalue weighted by Crippen LogP contribution is 2.29. The van der Waals surface area contributed by atoms with Gasteiger partial charge in [-0.15, -0.1) is 0 Å². The van der Waals surface area contributed by atoms with Crippen molar-refractivity contribution in [1.29, 1.82) is 0 Å². The topological polar surface area (TPSA) is 79.5 Å². The molecule has 0 aliphatic heterocycles. The minimum atomic E-state index is -1.87. The van der Waals surface area contributed by atoms with E-state index in [1.165, 1.54) is 7.11 Å². The molecule has 148 valence electrons. The van der Waals surface area contributed by atoms with Crippen molar-refractivity contribution in [3.63, 3.8) is 0 Å². The molecule has 0 saturated carbocycles. The van der Waals surface area contributed by atoms with E-state index in [1.54, 1.807) is 54.6 Å². The zero-order chi connectivity index (χ0) is 20.7.